The Morgan fingerprint density at radius 2 is 0.508 bits per heavy atom. The number of hydrogen-bond acceptors (Lipinski definition) is 6. The molecule has 386 valence electrons. The minimum Gasteiger partial charge on any atom is -0.462 e. The Hall–Kier alpha value is -1.59. The van der Waals surface area contributed by atoms with Crippen molar-refractivity contribution in [2.75, 3.05) is 13.2 Å². The Labute approximate surface area is 406 Å². The van der Waals surface area contributed by atoms with Gasteiger partial charge >= 0.3 is 17.9 Å². The number of rotatable bonds is 53. The van der Waals surface area contributed by atoms with Crippen LogP contribution in [0.3, 0.4) is 0 Å². The summed E-state index contributed by atoms with van der Waals surface area (Å²) in [7, 11) is 0. The van der Waals surface area contributed by atoms with Gasteiger partial charge in [0.15, 0.2) is 6.10 Å². The smallest absolute Gasteiger partial charge is 0.306 e. The van der Waals surface area contributed by atoms with Crippen molar-refractivity contribution in [3.05, 3.63) is 0 Å². The third-order valence-corrected chi connectivity index (χ3v) is 13.5. The van der Waals surface area contributed by atoms with Crippen LogP contribution in [0.1, 0.15) is 330 Å². The van der Waals surface area contributed by atoms with Gasteiger partial charge in [-0.2, -0.15) is 0 Å². The summed E-state index contributed by atoms with van der Waals surface area (Å²) in [5.74, 6) is 0.845. The molecule has 0 aliphatic heterocycles. The molecule has 0 aromatic heterocycles. The van der Waals surface area contributed by atoms with E-state index in [9.17, 15) is 14.4 Å². The second-order valence-corrected chi connectivity index (χ2v) is 21.2. The highest BCUT2D eigenvalue weighted by molar-refractivity contribution is 5.71. The minimum atomic E-state index is -0.762. The Kier molecular flexibility index (Phi) is 50.5. The Morgan fingerprint density at radius 1 is 0.292 bits per heavy atom. The predicted octanol–water partition coefficient (Wildman–Crippen LogP) is 19.3. The summed E-state index contributed by atoms with van der Waals surface area (Å²) in [6.45, 7) is 11.4. The largest absolute Gasteiger partial charge is 0.462 e. The molecule has 0 bridgehead atoms. The number of hydrogen-bond donors (Lipinski definition) is 0. The van der Waals surface area contributed by atoms with Gasteiger partial charge in [-0.05, 0) is 31.1 Å². The third-order valence-electron chi connectivity index (χ3n) is 13.5. The summed E-state index contributed by atoms with van der Waals surface area (Å²) in [5, 5.41) is 0. The van der Waals surface area contributed by atoms with Gasteiger partial charge in [-0.25, -0.2) is 0 Å². The molecule has 0 heterocycles. The zero-order chi connectivity index (χ0) is 47.5. The molecule has 6 heteroatoms. The monoisotopic (exact) mass is 919 g/mol. The molecular weight excluding hydrogens is 805 g/mol. The number of carbonyl (C=O) groups excluding carboxylic acids is 3. The average Bonchev–Trinajstić information content (AvgIpc) is 3.28. The van der Waals surface area contributed by atoms with E-state index in [4.69, 9.17) is 14.2 Å². The van der Waals surface area contributed by atoms with Gasteiger partial charge in [0, 0.05) is 19.3 Å². The van der Waals surface area contributed by atoms with Crippen LogP contribution in [0.5, 0.6) is 0 Å². The quantitative estimate of drug-likeness (QED) is 0.0344. The number of ether oxygens (including phenoxy) is 3. The van der Waals surface area contributed by atoms with Gasteiger partial charge < -0.3 is 14.2 Å². The number of esters is 3. The molecule has 65 heavy (non-hydrogen) atoms. The van der Waals surface area contributed by atoms with Crippen molar-refractivity contribution < 1.29 is 28.6 Å². The molecule has 0 unspecified atom stereocenters. The summed E-state index contributed by atoms with van der Waals surface area (Å²) < 4.78 is 16.9. The lowest BCUT2D eigenvalue weighted by Gasteiger charge is -2.18. The molecule has 0 N–H and O–H groups in total. The molecule has 0 saturated heterocycles. The second kappa shape index (κ2) is 51.8. The summed E-state index contributed by atoms with van der Waals surface area (Å²) in [4.78, 5) is 38.1. The first kappa shape index (κ1) is 63.4. The fraction of sp³-hybridized carbons (Fsp3) is 0.949. The van der Waals surface area contributed by atoms with Crippen LogP contribution in [0.2, 0.25) is 0 Å². The van der Waals surface area contributed by atoms with E-state index in [1.54, 1.807) is 0 Å². The molecule has 0 aliphatic rings. The first-order valence-electron chi connectivity index (χ1n) is 29.2. The topological polar surface area (TPSA) is 78.9 Å². The normalized spacial score (nSPS) is 12.0. The fourth-order valence-corrected chi connectivity index (χ4v) is 9.05. The van der Waals surface area contributed by atoms with Crippen LogP contribution in [0.15, 0.2) is 0 Å². The minimum absolute atomic E-state index is 0.0625. The molecule has 0 aromatic rings. The van der Waals surface area contributed by atoms with E-state index in [-0.39, 0.29) is 31.1 Å². The molecule has 0 aromatic carbocycles. The molecule has 6 nitrogen and oxygen atoms in total. The van der Waals surface area contributed by atoms with E-state index < -0.39 is 6.10 Å². The van der Waals surface area contributed by atoms with E-state index in [0.29, 0.717) is 19.3 Å². The van der Waals surface area contributed by atoms with Crippen molar-refractivity contribution in [3.8, 4) is 0 Å². The third kappa shape index (κ3) is 53.2. The van der Waals surface area contributed by atoms with Crippen LogP contribution in [0.4, 0.5) is 0 Å². The molecule has 0 rings (SSSR count). The van der Waals surface area contributed by atoms with E-state index in [1.165, 1.54) is 218 Å². The highest BCUT2D eigenvalue weighted by Gasteiger charge is 2.19. The summed E-state index contributed by atoms with van der Waals surface area (Å²) in [6, 6.07) is 0. The number of carbonyl (C=O) groups is 3. The average molecular weight is 920 g/mol. The molecule has 0 radical (unpaired) electrons. The molecule has 1 atom stereocenters. The fourth-order valence-electron chi connectivity index (χ4n) is 9.05. The van der Waals surface area contributed by atoms with Crippen LogP contribution in [-0.4, -0.2) is 37.2 Å². The summed E-state index contributed by atoms with van der Waals surface area (Å²) in [5.41, 5.74) is 0. The van der Waals surface area contributed by atoms with Crippen molar-refractivity contribution >= 4 is 17.9 Å². The van der Waals surface area contributed by atoms with Gasteiger partial charge in [0.1, 0.15) is 13.2 Å². The second-order valence-electron chi connectivity index (χ2n) is 21.2. The highest BCUT2D eigenvalue weighted by atomic mass is 16.6. The predicted molar refractivity (Wildman–Crippen MR) is 280 cm³/mol. The standard InChI is InChI=1S/C59H114O6/c1-6-7-8-9-10-11-12-13-18-26-31-36-41-46-51-59(62)65-56(53-64-58(61)50-45-40-35-30-25-21-20-23-28-33-38-43-48-55(4)5)52-63-57(60)49-44-39-34-29-24-19-16-14-15-17-22-27-32-37-42-47-54(2)3/h54-56H,6-53H2,1-5H3/t56-/m1/s1. The van der Waals surface area contributed by atoms with Crippen molar-refractivity contribution in [3.63, 3.8) is 0 Å². The molecular formula is C59H114O6. The van der Waals surface area contributed by atoms with E-state index in [2.05, 4.69) is 34.6 Å². The highest BCUT2D eigenvalue weighted by Crippen LogP contribution is 2.18. The van der Waals surface area contributed by atoms with E-state index in [0.717, 1.165) is 69.6 Å². The Bertz CT molecular complexity index is 993. The Morgan fingerprint density at radius 3 is 0.754 bits per heavy atom. The maximum atomic E-state index is 12.8. The summed E-state index contributed by atoms with van der Waals surface area (Å²) in [6.07, 6.45) is 55.2. The van der Waals surface area contributed by atoms with Crippen molar-refractivity contribution in [2.24, 2.45) is 11.8 Å². The molecule has 0 fully saturated rings. The zero-order valence-electron chi connectivity index (χ0n) is 44.6. The van der Waals surface area contributed by atoms with Crippen molar-refractivity contribution in [1.29, 1.82) is 0 Å². The zero-order valence-corrected chi connectivity index (χ0v) is 44.6. The van der Waals surface area contributed by atoms with Crippen LogP contribution in [0.25, 0.3) is 0 Å². The molecule has 0 spiro atoms. The van der Waals surface area contributed by atoms with Gasteiger partial charge in [0.05, 0.1) is 0 Å². The maximum absolute atomic E-state index is 12.8. The van der Waals surface area contributed by atoms with Gasteiger partial charge in [0.25, 0.3) is 0 Å². The van der Waals surface area contributed by atoms with Crippen LogP contribution in [-0.2, 0) is 28.6 Å². The maximum Gasteiger partial charge on any atom is 0.306 e. The lowest BCUT2D eigenvalue weighted by atomic mass is 10.0. The van der Waals surface area contributed by atoms with E-state index in [1.807, 2.05) is 0 Å². The Balaban J connectivity index is 4.28. The molecule has 0 amide bonds. The first-order chi connectivity index (χ1) is 31.7. The van der Waals surface area contributed by atoms with Gasteiger partial charge in [-0.3, -0.25) is 14.4 Å². The molecule has 0 saturated carbocycles. The van der Waals surface area contributed by atoms with Crippen LogP contribution >= 0.6 is 0 Å². The lowest BCUT2D eigenvalue weighted by Crippen LogP contribution is -2.30. The van der Waals surface area contributed by atoms with E-state index >= 15 is 0 Å². The van der Waals surface area contributed by atoms with Crippen LogP contribution < -0.4 is 0 Å². The lowest BCUT2D eigenvalue weighted by molar-refractivity contribution is -0.167. The van der Waals surface area contributed by atoms with Gasteiger partial charge in [-0.15, -0.1) is 0 Å². The van der Waals surface area contributed by atoms with Crippen molar-refractivity contribution in [2.45, 2.75) is 336 Å². The number of unbranched alkanes of at least 4 members (excludes halogenated alkanes) is 38. The SMILES string of the molecule is CCCCCCCCCCCCCCCCC(=O)O[C@H](COC(=O)CCCCCCCCCCCCCCCCCC(C)C)COC(=O)CCCCCCCCCCCCCCC(C)C. The van der Waals surface area contributed by atoms with Crippen molar-refractivity contribution in [1.82, 2.24) is 0 Å². The molecule has 0 aliphatic carbocycles. The van der Waals surface area contributed by atoms with Crippen LogP contribution in [0, 0.1) is 11.8 Å². The van der Waals surface area contributed by atoms with Gasteiger partial charge in [-0.1, -0.05) is 291 Å². The first-order valence-corrected chi connectivity index (χ1v) is 29.2. The van der Waals surface area contributed by atoms with Gasteiger partial charge in [0.2, 0.25) is 0 Å². The summed E-state index contributed by atoms with van der Waals surface area (Å²) >= 11 is 0.